The van der Waals surface area contributed by atoms with Crippen molar-refractivity contribution in [2.45, 2.75) is 20.0 Å². The molecule has 0 saturated carbocycles. The lowest BCUT2D eigenvalue weighted by Crippen LogP contribution is -2.24. The second-order valence-corrected chi connectivity index (χ2v) is 6.13. The van der Waals surface area contributed by atoms with Gasteiger partial charge in [0.2, 0.25) is 0 Å². The van der Waals surface area contributed by atoms with Crippen molar-refractivity contribution in [3.8, 4) is 16.9 Å². The van der Waals surface area contributed by atoms with E-state index in [1.54, 1.807) is 19.2 Å². The summed E-state index contributed by atoms with van der Waals surface area (Å²) in [7, 11) is 1.33. The number of esters is 1. The van der Waals surface area contributed by atoms with E-state index in [4.69, 9.17) is 16.3 Å². The molecule has 1 heterocycles. The fraction of sp³-hybridized carbons (Fsp3) is 0.200. The first-order valence-corrected chi connectivity index (χ1v) is 8.28. The number of aromatic nitrogens is 1. The first-order chi connectivity index (χ1) is 12.0. The van der Waals surface area contributed by atoms with Gasteiger partial charge in [0.05, 0.1) is 7.11 Å². The van der Waals surface area contributed by atoms with E-state index in [1.807, 2.05) is 24.3 Å². The van der Waals surface area contributed by atoms with Gasteiger partial charge in [-0.15, -0.1) is 0 Å². The van der Waals surface area contributed by atoms with Gasteiger partial charge in [0.1, 0.15) is 10.9 Å². The molecule has 128 valence electrons. The van der Waals surface area contributed by atoms with Gasteiger partial charge >= 0.3 is 5.97 Å². The average molecular weight is 356 g/mol. The molecule has 3 rings (SSSR count). The summed E-state index contributed by atoms with van der Waals surface area (Å²) in [6.07, 6.45) is 1.08. The van der Waals surface area contributed by atoms with Gasteiger partial charge in [-0.05, 0) is 48.6 Å². The van der Waals surface area contributed by atoms with Gasteiger partial charge in [0.25, 0.3) is 0 Å². The molecule has 0 aliphatic rings. The van der Waals surface area contributed by atoms with Crippen LogP contribution in [0.15, 0.2) is 48.7 Å². The van der Waals surface area contributed by atoms with Gasteiger partial charge in [-0.2, -0.15) is 0 Å². The number of methoxy groups -OCH3 is 1. The number of hydrogen-bond acceptors (Lipinski definition) is 4. The second kappa shape index (κ2) is 7.11. The Morgan fingerprint density at radius 2 is 1.88 bits per heavy atom. The molecule has 4 nitrogen and oxygen atoms in total. The number of nitrogens with zero attached hydrogens (tertiary/aromatic N) is 1. The number of ether oxygens (including phenoxy) is 2. The first kappa shape index (κ1) is 17.2. The summed E-state index contributed by atoms with van der Waals surface area (Å²) in [5.74, 6) is 0.106. The molecule has 3 aromatic rings. The number of carbonyl (C=O) groups excluding carboxylic acids is 1. The maximum absolute atomic E-state index is 11.5. The third-order valence-electron chi connectivity index (χ3n) is 4.09. The molecule has 0 aliphatic heterocycles. The lowest BCUT2D eigenvalue weighted by atomic mass is 9.97. The van der Waals surface area contributed by atoms with Crippen molar-refractivity contribution < 1.29 is 14.3 Å². The van der Waals surface area contributed by atoms with Gasteiger partial charge in [0.15, 0.2) is 6.10 Å². The predicted molar refractivity (Wildman–Crippen MR) is 99.0 cm³/mol. The molecular formula is C20H18ClNO3. The number of fused-ring (bicyclic) bond motifs is 1. The van der Waals surface area contributed by atoms with E-state index in [1.165, 1.54) is 7.11 Å². The van der Waals surface area contributed by atoms with Crippen LogP contribution in [0.2, 0.25) is 5.15 Å². The smallest absolute Gasteiger partial charge is 0.346 e. The Morgan fingerprint density at radius 3 is 2.60 bits per heavy atom. The molecule has 1 atom stereocenters. The molecule has 0 spiro atoms. The first-order valence-electron chi connectivity index (χ1n) is 7.90. The second-order valence-electron chi connectivity index (χ2n) is 5.77. The van der Waals surface area contributed by atoms with Gasteiger partial charge < -0.3 is 9.47 Å². The summed E-state index contributed by atoms with van der Waals surface area (Å²) in [4.78, 5) is 15.9. The molecule has 0 radical (unpaired) electrons. The Hall–Kier alpha value is -2.59. The number of hydrogen-bond donors (Lipinski definition) is 0. The highest BCUT2D eigenvalue weighted by Crippen LogP contribution is 2.35. The maximum Gasteiger partial charge on any atom is 0.346 e. The van der Waals surface area contributed by atoms with E-state index in [-0.39, 0.29) is 0 Å². The molecule has 25 heavy (non-hydrogen) atoms. The predicted octanol–water partition coefficient (Wildman–Crippen LogP) is 4.80. The summed E-state index contributed by atoms with van der Waals surface area (Å²) < 4.78 is 10.3. The summed E-state index contributed by atoms with van der Waals surface area (Å²) in [6.45, 7) is 3.70. The van der Waals surface area contributed by atoms with Crippen LogP contribution in [-0.4, -0.2) is 24.2 Å². The van der Waals surface area contributed by atoms with Crippen molar-refractivity contribution in [3.63, 3.8) is 0 Å². The van der Waals surface area contributed by atoms with E-state index in [0.29, 0.717) is 10.9 Å². The van der Waals surface area contributed by atoms with Crippen LogP contribution < -0.4 is 4.74 Å². The third kappa shape index (κ3) is 3.44. The zero-order chi connectivity index (χ0) is 18.0. The highest BCUT2D eigenvalue weighted by molar-refractivity contribution is 6.34. The van der Waals surface area contributed by atoms with Crippen LogP contribution in [0, 0.1) is 6.92 Å². The van der Waals surface area contributed by atoms with Crippen LogP contribution in [-0.2, 0) is 9.53 Å². The van der Waals surface area contributed by atoms with Crippen molar-refractivity contribution in [1.29, 1.82) is 0 Å². The molecular weight excluding hydrogens is 338 g/mol. The number of aryl methyl sites for hydroxylation is 1. The molecule has 0 saturated heterocycles. The van der Waals surface area contributed by atoms with Crippen LogP contribution in [0.5, 0.6) is 5.75 Å². The van der Waals surface area contributed by atoms with Crippen molar-refractivity contribution in [3.05, 3.63) is 59.4 Å². The molecule has 0 aliphatic carbocycles. The number of halogens is 1. The summed E-state index contributed by atoms with van der Waals surface area (Å²) in [6, 6.07) is 13.7. The monoisotopic (exact) mass is 355 g/mol. The van der Waals surface area contributed by atoms with Crippen molar-refractivity contribution in [2.24, 2.45) is 0 Å². The summed E-state index contributed by atoms with van der Waals surface area (Å²) in [5.41, 5.74) is 3.27. The van der Waals surface area contributed by atoms with Crippen LogP contribution in [0.1, 0.15) is 12.5 Å². The Balaban J connectivity index is 2.08. The fourth-order valence-electron chi connectivity index (χ4n) is 2.77. The van der Waals surface area contributed by atoms with Gasteiger partial charge in [0, 0.05) is 17.1 Å². The number of carbonyl (C=O) groups is 1. The summed E-state index contributed by atoms with van der Waals surface area (Å²) >= 11 is 6.30. The minimum atomic E-state index is -0.700. The lowest BCUT2D eigenvalue weighted by Gasteiger charge is -2.14. The number of pyridine rings is 1. The maximum atomic E-state index is 11.5. The van der Waals surface area contributed by atoms with Crippen molar-refractivity contribution in [1.82, 2.24) is 4.98 Å². The van der Waals surface area contributed by atoms with Gasteiger partial charge in [-0.25, -0.2) is 9.78 Å². The van der Waals surface area contributed by atoms with Crippen LogP contribution in [0.25, 0.3) is 21.9 Å². The van der Waals surface area contributed by atoms with E-state index in [0.717, 1.165) is 27.5 Å². The normalized spacial score (nSPS) is 12.0. The Kier molecular flexibility index (Phi) is 4.91. The SMILES string of the molecule is COC(=O)[C@H](C)Oc1ccc2c(-c3ccccc3C)cnc(Cl)c2c1. The Labute approximate surface area is 151 Å². The molecule has 0 unspecified atom stereocenters. The minimum Gasteiger partial charge on any atom is -0.479 e. The van der Waals surface area contributed by atoms with E-state index in [9.17, 15) is 4.79 Å². The van der Waals surface area contributed by atoms with Crippen molar-refractivity contribution >= 4 is 28.3 Å². The van der Waals surface area contributed by atoms with E-state index < -0.39 is 12.1 Å². The zero-order valence-corrected chi connectivity index (χ0v) is 15.0. The van der Waals surface area contributed by atoms with E-state index >= 15 is 0 Å². The highest BCUT2D eigenvalue weighted by Gasteiger charge is 2.16. The topological polar surface area (TPSA) is 48.4 Å². The third-order valence-corrected chi connectivity index (χ3v) is 4.39. The van der Waals surface area contributed by atoms with Gasteiger partial charge in [-0.1, -0.05) is 35.9 Å². The van der Waals surface area contributed by atoms with E-state index in [2.05, 4.69) is 28.8 Å². The molecule has 1 aromatic heterocycles. The number of benzene rings is 2. The molecule has 2 aromatic carbocycles. The van der Waals surface area contributed by atoms with Crippen LogP contribution >= 0.6 is 11.6 Å². The standard InChI is InChI=1S/C20H18ClNO3/c1-12-6-4-5-7-15(12)18-11-22-19(21)17-10-14(8-9-16(17)18)25-13(2)20(23)24-3/h4-11,13H,1-3H3/t13-/m0/s1. The molecule has 0 fully saturated rings. The van der Waals surface area contributed by atoms with Crippen LogP contribution in [0.3, 0.4) is 0 Å². The zero-order valence-electron chi connectivity index (χ0n) is 14.2. The van der Waals surface area contributed by atoms with Gasteiger partial charge in [-0.3, -0.25) is 0 Å². The quantitative estimate of drug-likeness (QED) is 0.498. The average Bonchev–Trinajstić information content (AvgIpc) is 2.62. The number of rotatable bonds is 4. The highest BCUT2D eigenvalue weighted by atomic mass is 35.5. The largest absolute Gasteiger partial charge is 0.479 e. The van der Waals surface area contributed by atoms with Crippen LogP contribution in [0.4, 0.5) is 0 Å². The van der Waals surface area contributed by atoms with Crippen molar-refractivity contribution in [2.75, 3.05) is 7.11 Å². The molecule has 0 N–H and O–H groups in total. The lowest BCUT2D eigenvalue weighted by molar-refractivity contribution is -0.147. The molecule has 0 bridgehead atoms. The Morgan fingerprint density at radius 1 is 1.12 bits per heavy atom. The fourth-order valence-corrected chi connectivity index (χ4v) is 2.98. The summed E-state index contributed by atoms with van der Waals surface area (Å²) in [5, 5.41) is 2.15. The molecule has 5 heteroatoms. The minimum absolute atomic E-state index is 0.392. The molecule has 0 amide bonds. The Bertz CT molecular complexity index is 939.